The SMILES string of the molecule is CC(F)(F)c1cc(Cl)c2nc(-c3nc(-c4ccc(C(N)=O)cc4Cl)no3)cn2c1. The topological polar surface area (TPSA) is 99.3 Å². The molecule has 4 rings (SSSR count). The summed E-state index contributed by atoms with van der Waals surface area (Å²) in [6.07, 6.45) is 2.68. The number of hydrogen-bond donors (Lipinski definition) is 1. The predicted octanol–water partition coefficient (Wildman–Crippen LogP) is 4.57. The Hall–Kier alpha value is -3.04. The highest BCUT2D eigenvalue weighted by Crippen LogP contribution is 2.32. The van der Waals surface area contributed by atoms with Crippen LogP contribution in [-0.4, -0.2) is 25.4 Å². The van der Waals surface area contributed by atoms with Gasteiger partial charge in [-0.25, -0.2) is 13.8 Å². The number of halogens is 4. The largest absolute Gasteiger partial charge is 0.366 e. The molecule has 29 heavy (non-hydrogen) atoms. The number of alkyl halides is 2. The highest BCUT2D eigenvalue weighted by Gasteiger charge is 2.26. The van der Waals surface area contributed by atoms with Gasteiger partial charge in [-0.1, -0.05) is 28.4 Å². The van der Waals surface area contributed by atoms with Crippen molar-refractivity contribution in [2.24, 2.45) is 5.73 Å². The van der Waals surface area contributed by atoms with Crippen molar-refractivity contribution in [3.8, 4) is 23.0 Å². The van der Waals surface area contributed by atoms with Crippen LogP contribution in [-0.2, 0) is 5.92 Å². The van der Waals surface area contributed by atoms with E-state index in [-0.39, 0.29) is 44.2 Å². The standard InChI is InChI=1S/C18H11Cl2F2N5O2/c1-18(21,22)9-5-12(20)16-24-13(7-27(16)6-9)17-25-15(26-29-17)10-3-2-8(14(23)28)4-11(10)19/h2-7H,1H3,(H2,23,28). The molecule has 0 fully saturated rings. The zero-order chi connectivity index (χ0) is 20.9. The van der Waals surface area contributed by atoms with Crippen molar-refractivity contribution < 1.29 is 18.1 Å². The minimum absolute atomic E-state index is 0.0413. The number of nitrogens with two attached hydrogens (primary N) is 1. The van der Waals surface area contributed by atoms with Gasteiger partial charge in [-0.05, 0) is 24.3 Å². The Kier molecular flexibility index (Phi) is 4.51. The van der Waals surface area contributed by atoms with Gasteiger partial charge in [0.25, 0.3) is 11.8 Å². The number of carbonyl (C=O) groups excluding carboxylic acids is 1. The number of fused-ring (bicyclic) bond motifs is 1. The summed E-state index contributed by atoms with van der Waals surface area (Å²) in [6.45, 7) is 0.778. The second-order valence-electron chi connectivity index (χ2n) is 6.30. The Morgan fingerprint density at radius 3 is 2.59 bits per heavy atom. The molecule has 0 unspecified atom stereocenters. The molecule has 3 aromatic heterocycles. The maximum absolute atomic E-state index is 13.6. The van der Waals surface area contributed by atoms with E-state index in [9.17, 15) is 13.6 Å². The van der Waals surface area contributed by atoms with E-state index in [1.54, 1.807) is 0 Å². The summed E-state index contributed by atoms with van der Waals surface area (Å²) in [5.74, 6) is -3.48. The summed E-state index contributed by atoms with van der Waals surface area (Å²) >= 11 is 12.3. The fourth-order valence-electron chi connectivity index (χ4n) is 2.69. The smallest absolute Gasteiger partial charge is 0.278 e. The summed E-state index contributed by atoms with van der Waals surface area (Å²) in [5, 5.41) is 4.12. The fourth-order valence-corrected chi connectivity index (χ4v) is 3.21. The van der Waals surface area contributed by atoms with E-state index < -0.39 is 11.8 Å². The van der Waals surface area contributed by atoms with Gasteiger partial charge in [0, 0.05) is 36.0 Å². The van der Waals surface area contributed by atoms with E-state index in [0.717, 1.165) is 13.0 Å². The van der Waals surface area contributed by atoms with Gasteiger partial charge in [-0.3, -0.25) is 4.79 Å². The molecule has 1 aromatic carbocycles. The normalized spacial score (nSPS) is 11.9. The third-order valence-corrected chi connectivity index (χ3v) is 4.74. The van der Waals surface area contributed by atoms with E-state index in [2.05, 4.69) is 15.1 Å². The average molecular weight is 438 g/mol. The highest BCUT2D eigenvalue weighted by molar-refractivity contribution is 6.34. The first-order valence-corrected chi connectivity index (χ1v) is 8.89. The number of amides is 1. The number of nitrogens with zero attached hydrogens (tertiary/aromatic N) is 4. The van der Waals surface area contributed by atoms with Gasteiger partial charge < -0.3 is 14.7 Å². The summed E-state index contributed by atoms with van der Waals surface area (Å²) in [6, 6.07) is 5.57. The maximum Gasteiger partial charge on any atom is 0.278 e. The van der Waals surface area contributed by atoms with Crippen molar-refractivity contribution in [3.05, 3.63) is 57.8 Å². The first-order chi connectivity index (χ1) is 13.6. The van der Waals surface area contributed by atoms with E-state index in [1.807, 2.05) is 0 Å². The first kappa shape index (κ1) is 19.3. The molecule has 0 spiro atoms. The fraction of sp³-hybridized carbons (Fsp3) is 0.111. The van der Waals surface area contributed by atoms with Crippen LogP contribution in [0.3, 0.4) is 0 Å². The molecule has 2 N–H and O–H groups in total. The first-order valence-electron chi connectivity index (χ1n) is 8.14. The second kappa shape index (κ2) is 6.78. The van der Waals surface area contributed by atoms with Crippen LogP contribution in [0.15, 0.2) is 41.2 Å². The number of aromatic nitrogens is 4. The summed E-state index contributed by atoms with van der Waals surface area (Å²) in [7, 11) is 0. The molecule has 0 bridgehead atoms. The lowest BCUT2D eigenvalue weighted by Crippen LogP contribution is -2.10. The van der Waals surface area contributed by atoms with E-state index >= 15 is 0 Å². The summed E-state index contributed by atoms with van der Waals surface area (Å²) < 4.78 is 33.8. The van der Waals surface area contributed by atoms with Gasteiger partial charge in [0.05, 0.1) is 10.0 Å². The van der Waals surface area contributed by atoms with Crippen LogP contribution in [0.25, 0.3) is 28.6 Å². The second-order valence-corrected chi connectivity index (χ2v) is 7.12. The zero-order valence-corrected chi connectivity index (χ0v) is 16.2. The number of hydrogen-bond acceptors (Lipinski definition) is 5. The van der Waals surface area contributed by atoms with Crippen LogP contribution in [0.2, 0.25) is 10.0 Å². The molecule has 4 aromatic rings. The molecule has 0 atom stereocenters. The molecule has 0 aliphatic carbocycles. The van der Waals surface area contributed by atoms with Crippen molar-refractivity contribution in [2.45, 2.75) is 12.8 Å². The van der Waals surface area contributed by atoms with E-state index in [0.29, 0.717) is 5.56 Å². The molecular formula is C18H11Cl2F2N5O2. The Morgan fingerprint density at radius 2 is 1.93 bits per heavy atom. The van der Waals surface area contributed by atoms with Crippen LogP contribution in [0.4, 0.5) is 8.78 Å². The van der Waals surface area contributed by atoms with Crippen molar-refractivity contribution in [1.82, 2.24) is 19.5 Å². The Balaban J connectivity index is 1.74. The lowest BCUT2D eigenvalue weighted by atomic mass is 10.1. The van der Waals surface area contributed by atoms with E-state index in [4.69, 9.17) is 33.5 Å². The van der Waals surface area contributed by atoms with Crippen LogP contribution in [0, 0.1) is 0 Å². The van der Waals surface area contributed by atoms with Crippen LogP contribution >= 0.6 is 23.2 Å². The molecule has 11 heteroatoms. The molecule has 3 heterocycles. The Labute approximate surface area is 172 Å². The Morgan fingerprint density at radius 1 is 1.17 bits per heavy atom. The molecule has 1 amide bonds. The number of benzene rings is 1. The minimum atomic E-state index is -3.06. The van der Waals surface area contributed by atoms with Gasteiger partial charge in [0.1, 0.15) is 5.69 Å². The maximum atomic E-state index is 13.6. The number of rotatable bonds is 4. The van der Waals surface area contributed by atoms with Crippen LogP contribution < -0.4 is 5.73 Å². The third-order valence-electron chi connectivity index (χ3n) is 4.15. The average Bonchev–Trinajstić information content (AvgIpc) is 3.27. The lowest BCUT2D eigenvalue weighted by Gasteiger charge is -2.11. The van der Waals surface area contributed by atoms with Crippen molar-refractivity contribution >= 4 is 34.8 Å². The van der Waals surface area contributed by atoms with Gasteiger partial charge in [-0.2, -0.15) is 4.98 Å². The van der Waals surface area contributed by atoms with Crippen molar-refractivity contribution in [1.29, 1.82) is 0 Å². The molecule has 7 nitrogen and oxygen atoms in total. The van der Waals surface area contributed by atoms with Crippen molar-refractivity contribution in [2.75, 3.05) is 0 Å². The predicted molar refractivity (Wildman–Crippen MR) is 102 cm³/mol. The lowest BCUT2D eigenvalue weighted by molar-refractivity contribution is 0.0170. The number of carbonyl (C=O) groups is 1. The summed E-state index contributed by atoms with van der Waals surface area (Å²) in [4.78, 5) is 19.7. The Bertz CT molecular complexity index is 1260. The van der Waals surface area contributed by atoms with Crippen LogP contribution in [0.5, 0.6) is 0 Å². The molecule has 0 radical (unpaired) electrons. The number of imidazole rings is 1. The van der Waals surface area contributed by atoms with Gasteiger partial charge in [0.15, 0.2) is 5.65 Å². The molecule has 0 aliphatic heterocycles. The highest BCUT2D eigenvalue weighted by atomic mass is 35.5. The monoisotopic (exact) mass is 437 g/mol. The van der Waals surface area contributed by atoms with Gasteiger partial charge >= 0.3 is 0 Å². The number of pyridine rings is 1. The molecule has 0 saturated heterocycles. The molecular weight excluding hydrogens is 427 g/mol. The zero-order valence-electron chi connectivity index (χ0n) is 14.7. The van der Waals surface area contributed by atoms with Gasteiger partial charge in [0.2, 0.25) is 11.7 Å². The number of primary amides is 1. The molecule has 0 saturated carbocycles. The van der Waals surface area contributed by atoms with Crippen LogP contribution in [0.1, 0.15) is 22.8 Å². The summed E-state index contributed by atoms with van der Waals surface area (Å²) in [5.41, 5.74) is 6.12. The third kappa shape index (κ3) is 3.54. The van der Waals surface area contributed by atoms with Crippen molar-refractivity contribution in [3.63, 3.8) is 0 Å². The van der Waals surface area contributed by atoms with Gasteiger partial charge in [-0.15, -0.1) is 0 Å². The molecule has 148 valence electrons. The minimum Gasteiger partial charge on any atom is -0.366 e. The van der Waals surface area contributed by atoms with E-state index in [1.165, 1.54) is 35.0 Å². The quantitative estimate of drug-likeness (QED) is 0.503. The molecule has 0 aliphatic rings.